The van der Waals surface area contributed by atoms with Crippen LogP contribution in [0.2, 0.25) is 0 Å². The second kappa shape index (κ2) is 7.11. The monoisotopic (exact) mass is 381 g/mol. The van der Waals surface area contributed by atoms with E-state index in [4.69, 9.17) is 9.84 Å². The average molecular weight is 381 g/mol. The largest absolute Gasteiger partial charge is 0.489 e. The number of likely N-dealkylation sites (tertiary alicyclic amines) is 1. The van der Waals surface area contributed by atoms with Crippen molar-refractivity contribution in [2.24, 2.45) is 5.92 Å². The van der Waals surface area contributed by atoms with Crippen molar-refractivity contribution in [1.29, 1.82) is 0 Å². The zero-order valence-electron chi connectivity index (χ0n) is 13.4. The fraction of sp³-hybridized carbons (Fsp3) is 0.533. The maximum absolute atomic E-state index is 12.6. The molecule has 1 aromatic carbocycles. The highest BCUT2D eigenvalue weighted by Crippen LogP contribution is 2.31. The molecule has 1 heterocycles. The van der Waals surface area contributed by atoms with E-state index in [0.29, 0.717) is 6.42 Å². The van der Waals surface area contributed by atoms with Crippen molar-refractivity contribution >= 4 is 15.9 Å². The van der Waals surface area contributed by atoms with E-state index < -0.39 is 33.8 Å². The van der Waals surface area contributed by atoms with Gasteiger partial charge in [0.2, 0.25) is 0 Å². The molecule has 0 unspecified atom stereocenters. The normalized spacial score (nSPS) is 19.7. The molecule has 0 saturated carbocycles. The van der Waals surface area contributed by atoms with Crippen molar-refractivity contribution in [3.05, 3.63) is 29.8 Å². The molecule has 1 N–H and O–H groups in total. The number of amides is 1. The first kappa shape index (κ1) is 19.4. The van der Waals surface area contributed by atoms with E-state index >= 15 is 0 Å². The minimum Gasteiger partial charge on any atom is -0.489 e. The number of carbonyl (C=O) groups is 1. The van der Waals surface area contributed by atoms with Crippen LogP contribution in [0.1, 0.15) is 12.0 Å². The van der Waals surface area contributed by atoms with E-state index in [9.17, 15) is 26.4 Å². The van der Waals surface area contributed by atoms with Crippen LogP contribution in [-0.2, 0) is 16.0 Å². The molecule has 10 heteroatoms. The number of ether oxygens (including phenoxy) is 1. The molecule has 0 aliphatic carbocycles. The predicted octanol–water partition coefficient (Wildman–Crippen LogP) is 2.50. The van der Waals surface area contributed by atoms with Crippen LogP contribution >= 0.6 is 0 Å². The Bertz CT molecular complexity index is 718. The smallest absolute Gasteiger partial charge is 0.416 e. The molecule has 1 fully saturated rings. The van der Waals surface area contributed by atoms with Crippen LogP contribution in [0.3, 0.4) is 0 Å². The molecule has 2 atom stereocenters. The quantitative estimate of drug-likeness (QED) is 0.847. The zero-order valence-corrected chi connectivity index (χ0v) is 14.2. The number of alkyl halides is 3. The van der Waals surface area contributed by atoms with Gasteiger partial charge in [-0.25, -0.2) is 13.2 Å². The number of carboxylic acid groups (broad SMARTS) is 1. The Labute approximate surface area is 143 Å². The maximum atomic E-state index is 12.6. The SMILES string of the molecule is CS(=O)(=O)C[C@@H](Oc1ccc(C(F)(F)F)cc1)[C@H]1CCN(C(=O)O)C1. The van der Waals surface area contributed by atoms with Crippen molar-refractivity contribution in [1.82, 2.24) is 4.90 Å². The van der Waals surface area contributed by atoms with E-state index in [1.54, 1.807) is 0 Å². The van der Waals surface area contributed by atoms with Gasteiger partial charge in [-0.15, -0.1) is 0 Å². The van der Waals surface area contributed by atoms with E-state index in [2.05, 4.69) is 0 Å². The fourth-order valence-electron chi connectivity index (χ4n) is 2.73. The second-order valence-corrected chi connectivity index (χ2v) is 8.23. The molecule has 0 bridgehead atoms. The molecule has 1 saturated heterocycles. The molecule has 140 valence electrons. The van der Waals surface area contributed by atoms with Gasteiger partial charge in [0.1, 0.15) is 11.9 Å². The lowest BCUT2D eigenvalue weighted by Gasteiger charge is -2.24. The lowest BCUT2D eigenvalue weighted by molar-refractivity contribution is -0.137. The van der Waals surface area contributed by atoms with Gasteiger partial charge in [0.25, 0.3) is 0 Å². The van der Waals surface area contributed by atoms with Gasteiger partial charge in [-0.05, 0) is 30.7 Å². The highest BCUT2D eigenvalue weighted by molar-refractivity contribution is 7.90. The third kappa shape index (κ3) is 5.52. The van der Waals surface area contributed by atoms with E-state index in [1.807, 2.05) is 0 Å². The van der Waals surface area contributed by atoms with Crippen LogP contribution < -0.4 is 4.74 Å². The Hall–Kier alpha value is -1.97. The van der Waals surface area contributed by atoms with Gasteiger partial charge < -0.3 is 14.7 Å². The summed E-state index contributed by atoms with van der Waals surface area (Å²) in [5.74, 6) is -0.588. The summed E-state index contributed by atoms with van der Waals surface area (Å²) in [4.78, 5) is 12.2. The van der Waals surface area contributed by atoms with Gasteiger partial charge in [0.05, 0.1) is 11.3 Å². The Morgan fingerprint density at radius 1 is 1.36 bits per heavy atom. The summed E-state index contributed by atoms with van der Waals surface area (Å²) in [5, 5.41) is 9.00. The summed E-state index contributed by atoms with van der Waals surface area (Å²) in [5.41, 5.74) is -0.836. The number of rotatable bonds is 5. The standard InChI is InChI=1S/C15H18F3NO5S/c1-25(22,23)9-13(10-6-7-19(8-10)14(20)21)24-12-4-2-11(3-5-12)15(16,17)18/h2-5,10,13H,6-9H2,1H3,(H,20,21)/t10-,13+/m0/s1. The highest BCUT2D eigenvalue weighted by Gasteiger charge is 2.35. The van der Waals surface area contributed by atoms with Gasteiger partial charge >= 0.3 is 12.3 Å². The first-order chi connectivity index (χ1) is 11.5. The number of hydrogen-bond acceptors (Lipinski definition) is 4. The Kier molecular flexibility index (Phi) is 5.50. The molecular weight excluding hydrogens is 363 g/mol. The molecule has 1 amide bonds. The average Bonchev–Trinajstić information content (AvgIpc) is 2.94. The second-order valence-electron chi connectivity index (χ2n) is 6.05. The minimum absolute atomic E-state index is 0.107. The summed E-state index contributed by atoms with van der Waals surface area (Å²) in [6, 6.07) is 3.96. The lowest BCUT2D eigenvalue weighted by atomic mass is 10.0. The maximum Gasteiger partial charge on any atom is 0.416 e. The molecule has 0 radical (unpaired) electrons. The third-order valence-electron chi connectivity index (χ3n) is 3.96. The van der Waals surface area contributed by atoms with Crippen molar-refractivity contribution in [3.63, 3.8) is 0 Å². The number of halogens is 3. The van der Waals surface area contributed by atoms with Crippen molar-refractivity contribution in [2.45, 2.75) is 18.7 Å². The predicted molar refractivity (Wildman–Crippen MR) is 83.3 cm³/mol. The van der Waals surface area contributed by atoms with Gasteiger partial charge in [-0.1, -0.05) is 0 Å². The van der Waals surface area contributed by atoms with Gasteiger partial charge in [-0.2, -0.15) is 13.2 Å². The molecular formula is C15H18F3NO5S. The van der Waals surface area contributed by atoms with Crippen LogP contribution in [-0.4, -0.2) is 55.7 Å². The van der Waals surface area contributed by atoms with Gasteiger partial charge in [0, 0.05) is 25.3 Å². The summed E-state index contributed by atoms with van der Waals surface area (Å²) < 4.78 is 66.6. The van der Waals surface area contributed by atoms with E-state index in [1.165, 1.54) is 0 Å². The number of benzene rings is 1. The van der Waals surface area contributed by atoms with E-state index in [0.717, 1.165) is 35.4 Å². The van der Waals surface area contributed by atoms with E-state index in [-0.39, 0.29) is 30.5 Å². The Balaban J connectivity index is 2.15. The first-order valence-electron chi connectivity index (χ1n) is 7.45. The molecule has 0 spiro atoms. The summed E-state index contributed by atoms with van der Waals surface area (Å²) in [7, 11) is -3.42. The minimum atomic E-state index is -4.47. The molecule has 1 aromatic rings. The van der Waals surface area contributed by atoms with Crippen LogP contribution in [0, 0.1) is 5.92 Å². The summed E-state index contributed by atoms with van der Waals surface area (Å²) >= 11 is 0. The summed E-state index contributed by atoms with van der Waals surface area (Å²) in [6.07, 6.45) is -4.96. The molecule has 25 heavy (non-hydrogen) atoms. The Morgan fingerprint density at radius 3 is 2.40 bits per heavy atom. The van der Waals surface area contributed by atoms with Crippen LogP contribution in [0.4, 0.5) is 18.0 Å². The molecule has 1 aliphatic heterocycles. The zero-order chi connectivity index (χ0) is 18.8. The van der Waals surface area contributed by atoms with Gasteiger partial charge in [0.15, 0.2) is 9.84 Å². The lowest BCUT2D eigenvalue weighted by Crippen LogP contribution is -2.36. The molecule has 6 nitrogen and oxygen atoms in total. The number of nitrogens with zero attached hydrogens (tertiary/aromatic N) is 1. The summed E-state index contributed by atoms with van der Waals surface area (Å²) in [6.45, 7) is 0.382. The van der Waals surface area contributed by atoms with Crippen molar-refractivity contribution in [3.8, 4) is 5.75 Å². The topological polar surface area (TPSA) is 83.9 Å². The van der Waals surface area contributed by atoms with Gasteiger partial charge in [-0.3, -0.25) is 0 Å². The fourth-order valence-corrected chi connectivity index (χ4v) is 3.66. The molecule has 0 aromatic heterocycles. The molecule has 1 aliphatic rings. The van der Waals surface area contributed by atoms with Crippen LogP contribution in [0.15, 0.2) is 24.3 Å². The highest BCUT2D eigenvalue weighted by atomic mass is 32.2. The third-order valence-corrected chi connectivity index (χ3v) is 4.89. The van der Waals surface area contributed by atoms with Crippen LogP contribution in [0.25, 0.3) is 0 Å². The van der Waals surface area contributed by atoms with Crippen LogP contribution in [0.5, 0.6) is 5.75 Å². The Morgan fingerprint density at radius 2 is 1.96 bits per heavy atom. The molecule has 2 rings (SSSR count). The number of hydrogen-bond donors (Lipinski definition) is 1. The van der Waals surface area contributed by atoms with Crippen molar-refractivity contribution < 1.29 is 36.2 Å². The van der Waals surface area contributed by atoms with Crippen molar-refractivity contribution in [2.75, 3.05) is 25.1 Å². The first-order valence-corrected chi connectivity index (χ1v) is 9.51. The number of sulfone groups is 1.